The molecular formula is C13H15N3O3. The summed E-state index contributed by atoms with van der Waals surface area (Å²) in [7, 11) is 1.51. The van der Waals surface area contributed by atoms with Crippen LogP contribution >= 0.6 is 0 Å². The number of benzene rings is 1. The van der Waals surface area contributed by atoms with E-state index in [1.807, 2.05) is 0 Å². The molecular weight excluding hydrogens is 246 g/mol. The predicted octanol–water partition coefficient (Wildman–Crippen LogP) is 2.04. The normalized spacial score (nSPS) is 18.7. The van der Waals surface area contributed by atoms with Crippen molar-refractivity contribution in [1.82, 2.24) is 15.2 Å². The highest BCUT2D eigenvalue weighted by atomic mass is 16.5. The average Bonchev–Trinajstić information content (AvgIpc) is 3.10. The zero-order valence-electron chi connectivity index (χ0n) is 10.6. The summed E-state index contributed by atoms with van der Waals surface area (Å²) < 4.78 is 10.6. The second-order valence-corrected chi connectivity index (χ2v) is 4.43. The quantitative estimate of drug-likeness (QED) is 0.883. The van der Waals surface area contributed by atoms with Gasteiger partial charge in [0, 0.05) is 12.2 Å². The zero-order valence-corrected chi connectivity index (χ0v) is 10.6. The monoisotopic (exact) mass is 261 g/mol. The lowest BCUT2D eigenvalue weighted by molar-refractivity contribution is 0.105. The smallest absolute Gasteiger partial charge is 0.181 e. The van der Waals surface area contributed by atoms with Crippen molar-refractivity contribution in [2.24, 2.45) is 0 Å². The van der Waals surface area contributed by atoms with Crippen molar-refractivity contribution in [3.8, 4) is 22.9 Å². The minimum absolute atomic E-state index is 0.0141. The molecule has 0 amide bonds. The molecule has 0 unspecified atom stereocenters. The highest BCUT2D eigenvalue weighted by Crippen LogP contribution is 2.31. The van der Waals surface area contributed by atoms with Crippen LogP contribution in [0.5, 0.6) is 11.5 Å². The number of aromatic hydroxyl groups is 1. The molecule has 6 heteroatoms. The molecule has 3 rings (SSSR count). The van der Waals surface area contributed by atoms with E-state index in [0.717, 1.165) is 30.8 Å². The van der Waals surface area contributed by atoms with Gasteiger partial charge in [0.2, 0.25) is 0 Å². The standard InChI is InChI=1S/C13H15N3O3/c1-18-11-7-8(4-5-9(11)17)12-14-13(16-15-12)10-3-2-6-19-10/h4-5,7,10,17H,2-3,6H2,1H3,(H,14,15,16)/t10-/m0/s1. The lowest BCUT2D eigenvalue weighted by Crippen LogP contribution is -1.98. The lowest BCUT2D eigenvalue weighted by Gasteiger charge is -2.04. The van der Waals surface area contributed by atoms with Gasteiger partial charge < -0.3 is 14.6 Å². The van der Waals surface area contributed by atoms with E-state index in [1.54, 1.807) is 18.2 Å². The van der Waals surface area contributed by atoms with Gasteiger partial charge in [-0.05, 0) is 31.0 Å². The molecule has 2 heterocycles. The first-order valence-electron chi connectivity index (χ1n) is 6.19. The number of phenols is 1. The third kappa shape index (κ3) is 2.26. The Bertz CT molecular complexity index is 576. The third-order valence-corrected chi connectivity index (χ3v) is 3.18. The fourth-order valence-corrected chi connectivity index (χ4v) is 2.16. The van der Waals surface area contributed by atoms with Crippen LogP contribution in [0.3, 0.4) is 0 Å². The molecule has 0 bridgehead atoms. The van der Waals surface area contributed by atoms with Gasteiger partial charge in [0.15, 0.2) is 23.1 Å². The summed E-state index contributed by atoms with van der Waals surface area (Å²) in [6, 6.07) is 5.02. The first kappa shape index (κ1) is 12.0. The number of nitrogens with zero attached hydrogens (tertiary/aromatic N) is 2. The van der Waals surface area contributed by atoms with Gasteiger partial charge in [-0.15, -0.1) is 0 Å². The summed E-state index contributed by atoms with van der Waals surface area (Å²) in [5.74, 6) is 1.82. The molecule has 1 aliphatic heterocycles. The fourth-order valence-electron chi connectivity index (χ4n) is 2.16. The van der Waals surface area contributed by atoms with Crippen molar-refractivity contribution in [3.05, 3.63) is 24.0 Å². The van der Waals surface area contributed by atoms with E-state index in [-0.39, 0.29) is 11.9 Å². The molecule has 1 aromatic heterocycles. The number of nitrogens with one attached hydrogen (secondary N) is 1. The molecule has 1 aliphatic rings. The van der Waals surface area contributed by atoms with E-state index in [9.17, 15) is 5.11 Å². The number of hydrogen-bond acceptors (Lipinski definition) is 5. The Labute approximate surface area is 110 Å². The second kappa shape index (κ2) is 4.89. The highest BCUT2D eigenvalue weighted by Gasteiger charge is 2.21. The van der Waals surface area contributed by atoms with Gasteiger partial charge in [-0.2, -0.15) is 5.10 Å². The van der Waals surface area contributed by atoms with Gasteiger partial charge >= 0.3 is 0 Å². The number of H-pyrrole nitrogens is 1. The van der Waals surface area contributed by atoms with E-state index in [2.05, 4.69) is 15.2 Å². The molecule has 2 aromatic rings. The Morgan fingerprint density at radius 1 is 1.47 bits per heavy atom. The first-order chi connectivity index (χ1) is 9.28. The maximum absolute atomic E-state index is 9.57. The van der Waals surface area contributed by atoms with Gasteiger partial charge in [0.05, 0.1) is 7.11 Å². The Morgan fingerprint density at radius 2 is 2.37 bits per heavy atom. The Hall–Kier alpha value is -2.08. The summed E-state index contributed by atoms with van der Waals surface area (Å²) in [6.45, 7) is 0.772. The van der Waals surface area contributed by atoms with Crippen LogP contribution in [0.15, 0.2) is 18.2 Å². The molecule has 0 saturated carbocycles. The van der Waals surface area contributed by atoms with Crippen molar-refractivity contribution < 1.29 is 14.6 Å². The van der Waals surface area contributed by atoms with E-state index in [1.165, 1.54) is 7.11 Å². The minimum atomic E-state index is 0.0141. The maximum Gasteiger partial charge on any atom is 0.181 e. The number of phenolic OH excluding ortho intramolecular Hbond substituents is 1. The average molecular weight is 261 g/mol. The molecule has 1 aromatic carbocycles. The van der Waals surface area contributed by atoms with Crippen molar-refractivity contribution in [2.45, 2.75) is 18.9 Å². The largest absolute Gasteiger partial charge is 0.504 e. The van der Waals surface area contributed by atoms with Crippen LogP contribution in [-0.2, 0) is 4.74 Å². The Kier molecular flexibility index (Phi) is 3.08. The maximum atomic E-state index is 9.57. The lowest BCUT2D eigenvalue weighted by atomic mass is 10.2. The second-order valence-electron chi connectivity index (χ2n) is 4.43. The van der Waals surface area contributed by atoms with Crippen LogP contribution in [0.1, 0.15) is 24.8 Å². The highest BCUT2D eigenvalue weighted by molar-refractivity contribution is 5.60. The van der Waals surface area contributed by atoms with Gasteiger partial charge in [-0.25, -0.2) is 4.98 Å². The van der Waals surface area contributed by atoms with Gasteiger partial charge in [0.1, 0.15) is 6.10 Å². The molecule has 6 nitrogen and oxygen atoms in total. The SMILES string of the molecule is COc1cc(-c2n[nH]c([C@@H]3CCCO3)n2)ccc1O. The number of hydrogen-bond donors (Lipinski definition) is 2. The molecule has 0 radical (unpaired) electrons. The van der Waals surface area contributed by atoms with Crippen LogP contribution in [0.4, 0.5) is 0 Å². The predicted molar refractivity (Wildman–Crippen MR) is 68.0 cm³/mol. The number of ether oxygens (including phenoxy) is 2. The molecule has 0 spiro atoms. The zero-order chi connectivity index (χ0) is 13.2. The van der Waals surface area contributed by atoms with Gasteiger partial charge in [-0.1, -0.05) is 0 Å². The van der Waals surface area contributed by atoms with Crippen molar-refractivity contribution >= 4 is 0 Å². The summed E-state index contributed by atoms with van der Waals surface area (Å²) in [6.07, 6.45) is 2.03. The summed E-state index contributed by atoms with van der Waals surface area (Å²) in [5, 5.41) is 16.7. The number of rotatable bonds is 3. The van der Waals surface area contributed by atoms with E-state index >= 15 is 0 Å². The van der Waals surface area contributed by atoms with E-state index in [4.69, 9.17) is 9.47 Å². The molecule has 19 heavy (non-hydrogen) atoms. The minimum Gasteiger partial charge on any atom is -0.504 e. The Balaban J connectivity index is 1.89. The summed E-state index contributed by atoms with van der Waals surface area (Å²) >= 11 is 0. The molecule has 1 saturated heterocycles. The van der Waals surface area contributed by atoms with E-state index in [0.29, 0.717) is 11.6 Å². The van der Waals surface area contributed by atoms with Crippen LogP contribution in [0, 0.1) is 0 Å². The van der Waals surface area contributed by atoms with Crippen LogP contribution in [0.2, 0.25) is 0 Å². The van der Waals surface area contributed by atoms with E-state index < -0.39 is 0 Å². The molecule has 2 N–H and O–H groups in total. The summed E-state index contributed by atoms with van der Waals surface area (Å²) in [5.41, 5.74) is 0.787. The van der Waals surface area contributed by atoms with Crippen LogP contribution in [0.25, 0.3) is 11.4 Å². The van der Waals surface area contributed by atoms with Crippen LogP contribution in [-0.4, -0.2) is 34.0 Å². The number of aromatic nitrogens is 3. The molecule has 0 aliphatic carbocycles. The Morgan fingerprint density at radius 3 is 3.11 bits per heavy atom. The number of aromatic amines is 1. The molecule has 100 valence electrons. The topological polar surface area (TPSA) is 80.3 Å². The van der Waals surface area contributed by atoms with Crippen LogP contribution < -0.4 is 4.74 Å². The van der Waals surface area contributed by atoms with Gasteiger partial charge in [-0.3, -0.25) is 5.10 Å². The third-order valence-electron chi connectivity index (χ3n) is 3.18. The first-order valence-corrected chi connectivity index (χ1v) is 6.19. The van der Waals surface area contributed by atoms with Crippen molar-refractivity contribution in [3.63, 3.8) is 0 Å². The van der Waals surface area contributed by atoms with Crippen molar-refractivity contribution in [1.29, 1.82) is 0 Å². The van der Waals surface area contributed by atoms with Crippen molar-refractivity contribution in [2.75, 3.05) is 13.7 Å². The summed E-state index contributed by atoms with van der Waals surface area (Å²) in [4.78, 5) is 4.44. The number of methoxy groups -OCH3 is 1. The fraction of sp³-hybridized carbons (Fsp3) is 0.385. The molecule has 1 atom stereocenters. The van der Waals surface area contributed by atoms with Gasteiger partial charge in [0.25, 0.3) is 0 Å². The molecule has 1 fully saturated rings.